The molecule has 0 unspecified atom stereocenters. The number of allylic oxidation sites excluding steroid dienone is 1. The Morgan fingerprint density at radius 2 is 1.95 bits per heavy atom. The van der Waals surface area contributed by atoms with Gasteiger partial charge in [-0.15, -0.1) is 0 Å². The molecule has 37 heavy (non-hydrogen) atoms. The van der Waals surface area contributed by atoms with Crippen molar-refractivity contribution in [1.29, 1.82) is 5.26 Å². The van der Waals surface area contributed by atoms with Crippen molar-refractivity contribution in [2.45, 2.75) is 25.3 Å². The van der Waals surface area contributed by atoms with Gasteiger partial charge in [-0.25, -0.2) is 8.78 Å². The van der Waals surface area contributed by atoms with Gasteiger partial charge in [-0.2, -0.15) is 5.26 Å². The van der Waals surface area contributed by atoms with Crippen molar-refractivity contribution >= 4 is 23.2 Å². The second kappa shape index (κ2) is 10.1. The zero-order chi connectivity index (χ0) is 26.1. The van der Waals surface area contributed by atoms with E-state index in [0.717, 1.165) is 18.4 Å². The number of halogens is 2. The molecular formula is C28H25F2N5O2. The highest BCUT2D eigenvalue weighted by Gasteiger charge is 2.25. The topological polar surface area (TPSA) is 91.1 Å². The predicted octanol–water partition coefficient (Wildman–Crippen LogP) is 4.68. The third kappa shape index (κ3) is 4.80. The van der Waals surface area contributed by atoms with E-state index in [1.807, 2.05) is 0 Å². The highest BCUT2D eigenvalue weighted by Crippen LogP contribution is 2.38. The molecule has 1 amide bonds. The molecule has 1 aliphatic heterocycles. The molecule has 9 heteroatoms. The molecule has 2 aromatic heterocycles. The van der Waals surface area contributed by atoms with Crippen LogP contribution in [0.2, 0.25) is 0 Å². The fourth-order valence-electron chi connectivity index (χ4n) is 4.74. The van der Waals surface area contributed by atoms with Crippen LogP contribution in [0.15, 0.2) is 36.7 Å². The number of nitrogens with zero attached hydrogens (tertiary/aromatic N) is 4. The van der Waals surface area contributed by atoms with Crippen molar-refractivity contribution in [2.24, 2.45) is 0 Å². The van der Waals surface area contributed by atoms with E-state index < -0.39 is 11.6 Å². The molecule has 1 fully saturated rings. The number of nitriles is 1. The third-order valence-electron chi connectivity index (χ3n) is 6.66. The van der Waals surface area contributed by atoms with E-state index in [2.05, 4.69) is 21.4 Å². The Labute approximate surface area is 213 Å². The van der Waals surface area contributed by atoms with Crippen molar-refractivity contribution in [1.82, 2.24) is 14.9 Å². The second-order valence-electron chi connectivity index (χ2n) is 9.35. The summed E-state index contributed by atoms with van der Waals surface area (Å²) in [6.07, 6.45) is 6.53. The molecular weight excluding hydrogens is 476 g/mol. The molecule has 1 aromatic carbocycles. The highest BCUT2D eigenvalue weighted by atomic mass is 19.1. The van der Waals surface area contributed by atoms with E-state index in [0.29, 0.717) is 42.0 Å². The summed E-state index contributed by atoms with van der Waals surface area (Å²) in [6, 6.07) is 8.18. The zero-order valence-corrected chi connectivity index (χ0v) is 20.5. The smallest absolute Gasteiger partial charge is 0.255 e. The fraction of sp³-hybridized carbons (Fsp3) is 0.286. The van der Waals surface area contributed by atoms with Crippen molar-refractivity contribution in [3.05, 3.63) is 76.4 Å². The lowest BCUT2D eigenvalue weighted by atomic mass is 9.95. The highest BCUT2D eigenvalue weighted by molar-refractivity contribution is 5.95. The fourth-order valence-corrected chi connectivity index (χ4v) is 4.74. The Kier molecular flexibility index (Phi) is 6.68. The number of fused-ring (bicyclic) bond motifs is 1. The molecule has 1 saturated heterocycles. The summed E-state index contributed by atoms with van der Waals surface area (Å²) in [5.74, 6) is -1.45. The van der Waals surface area contributed by atoms with Crippen LogP contribution in [0.25, 0.3) is 22.8 Å². The molecule has 0 spiro atoms. The summed E-state index contributed by atoms with van der Waals surface area (Å²) in [6.45, 7) is 1.20. The summed E-state index contributed by atoms with van der Waals surface area (Å²) in [4.78, 5) is 22.1. The SMILES string of the molecule is CN(C)C(=O)c1cnc(C2=Cc3nccc(-c4cc(F)c(NC5CCOCC5)c(C#N)c4)c3C2)c(F)c1. The number of benzene rings is 1. The Bertz CT molecular complexity index is 1460. The largest absolute Gasteiger partial charge is 0.381 e. The van der Waals surface area contributed by atoms with E-state index in [9.17, 15) is 14.4 Å². The first kappa shape index (κ1) is 24.5. The second-order valence-corrected chi connectivity index (χ2v) is 9.35. The lowest BCUT2D eigenvalue weighted by Gasteiger charge is -2.25. The van der Waals surface area contributed by atoms with Gasteiger partial charge in [-0.05, 0) is 65.4 Å². The summed E-state index contributed by atoms with van der Waals surface area (Å²) < 4.78 is 35.6. The lowest BCUT2D eigenvalue weighted by Crippen LogP contribution is -2.28. The Balaban J connectivity index is 1.45. The molecule has 3 aromatic rings. The van der Waals surface area contributed by atoms with Crippen LogP contribution < -0.4 is 5.32 Å². The maximum atomic E-state index is 15.3. The summed E-state index contributed by atoms with van der Waals surface area (Å²) in [5, 5.41) is 12.9. The van der Waals surface area contributed by atoms with Crippen molar-refractivity contribution in [3.8, 4) is 17.2 Å². The van der Waals surface area contributed by atoms with E-state index in [-0.39, 0.29) is 34.5 Å². The van der Waals surface area contributed by atoms with Crippen LogP contribution in [0.4, 0.5) is 14.5 Å². The van der Waals surface area contributed by atoms with E-state index in [1.165, 1.54) is 23.2 Å². The molecule has 0 bridgehead atoms. The average molecular weight is 502 g/mol. The summed E-state index contributed by atoms with van der Waals surface area (Å²) >= 11 is 0. The Morgan fingerprint density at radius 3 is 2.65 bits per heavy atom. The molecule has 1 N–H and O–H groups in total. The van der Waals surface area contributed by atoms with Gasteiger partial charge < -0.3 is 15.0 Å². The number of pyridine rings is 2. The molecule has 188 valence electrons. The van der Waals surface area contributed by atoms with Crippen LogP contribution in [0.5, 0.6) is 0 Å². The number of ether oxygens (including phenoxy) is 1. The number of amides is 1. The molecule has 0 atom stereocenters. The number of anilines is 1. The van der Waals surface area contributed by atoms with Gasteiger partial charge in [-0.3, -0.25) is 14.8 Å². The maximum Gasteiger partial charge on any atom is 0.255 e. The van der Waals surface area contributed by atoms with Gasteiger partial charge in [0.1, 0.15) is 23.4 Å². The van der Waals surface area contributed by atoms with Gasteiger partial charge >= 0.3 is 0 Å². The van der Waals surface area contributed by atoms with Crippen LogP contribution >= 0.6 is 0 Å². The van der Waals surface area contributed by atoms with Crippen LogP contribution in [0.1, 0.15) is 45.7 Å². The van der Waals surface area contributed by atoms with Gasteiger partial charge in [0.15, 0.2) is 0 Å². The number of carbonyl (C=O) groups excluding carboxylic acids is 1. The van der Waals surface area contributed by atoms with E-state index >= 15 is 4.39 Å². The summed E-state index contributed by atoms with van der Waals surface area (Å²) in [7, 11) is 3.18. The van der Waals surface area contributed by atoms with E-state index in [4.69, 9.17) is 4.74 Å². The van der Waals surface area contributed by atoms with Gasteiger partial charge in [0.05, 0.1) is 22.5 Å². The first-order valence-electron chi connectivity index (χ1n) is 12.0. The minimum absolute atomic E-state index is 0.0416. The number of rotatable bonds is 5. The molecule has 3 heterocycles. The van der Waals surface area contributed by atoms with Crippen LogP contribution in [-0.4, -0.2) is 54.1 Å². The number of hydrogen-bond acceptors (Lipinski definition) is 6. The molecule has 1 aliphatic carbocycles. The third-order valence-corrected chi connectivity index (χ3v) is 6.66. The predicted molar refractivity (Wildman–Crippen MR) is 136 cm³/mol. The van der Waals surface area contributed by atoms with Crippen LogP contribution in [-0.2, 0) is 11.2 Å². The minimum atomic E-state index is -0.602. The van der Waals surface area contributed by atoms with Crippen LogP contribution in [0, 0.1) is 23.0 Å². The number of carbonyl (C=O) groups is 1. The molecule has 2 aliphatic rings. The Hall–Kier alpha value is -4.16. The van der Waals surface area contributed by atoms with Gasteiger partial charge in [0.2, 0.25) is 0 Å². The van der Waals surface area contributed by atoms with Crippen LogP contribution in [0.3, 0.4) is 0 Å². The maximum absolute atomic E-state index is 15.3. The van der Waals surface area contributed by atoms with Gasteiger partial charge in [0, 0.05) is 52.2 Å². The molecule has 5 rings (SSSR count). The van der Waals surface area contributed by atoms with E-state index in [1.54, 1.807) is 38.5 Å². The first-order chi connectivity index (χ1) is 17.9. The number of aromatic nitrogens is 2. The quantitative estimate of drug-likeness (QED) is 0.546. The van der Waals surface area contributed by atoms with Crippen molar-refractivity contribution < 1.29 is 18.3 Å². The lowest BCUT2D eigenvalue weighted by molar-refractivity contribution is 0.0826. The molecule has 0 radical (unpaired) electrons. The number of nitrogens with one attached hydrogen (secondary N) is 1. The first-order valence-corrected chi connectivity index (χ1v) is 12.0. The van der Waals surface area contributed by atoms with Gasteiger partial charge in [-0.1, -0.05) is 0 Å². The molecule has 0 saturated carbocycles. The average Bonchev–Trinajstić information content (AvgIpc) is 3.34. The monoisotopic (exact) mass is 501 g/mol. The van der Waals surface area contributed by atoms with Crippen molar-refractivity contribution in [3.63, 3.8) is 0 Å². The number of hydrogen-bond donors (Lipinski definition) is 1. The standard InChI is InChI=1S/C28H25F2N5O2/c1-35(2)28(36)19-12-23(29)26(33-15-19)17-10-22-21(3-6-32-25(22)13-17)16-9-18(14-31)27(24(30)11-16)34-20-4-7-37-8-5-20/h3,6,9,11-13,15,20,34H,4-5,7-8,10H2,1-2H3. The normalized spacial score (nSPS) is 15.1. The Morgan fingerprint density at radius 1 is 1.16 bits per heavy atom. The van der Waals surface area contributed by atoms with Gasteiger partial charge in [0.25, 0.3) is 5.91 Å². The zero-order valence-electron chi connectivity index (χ0n) is 20.5. The molecule has 7 nitrogen and oxygen atoms in total. The summed E-state index contributed by atoms with van der Waals surface area (Å²) in [5.41, 5.74) is 3.99. The minimum Gasteiger partial charge on any atom is -0.381 e. The van der Waals surface area contributed by atoms with Crippen molar-refractivity contribution in [2.75, 3.05) is 32.6 Å².